The molecule has 0 bridgehead atoms. The van der Waals surface area contributed by atoms with Crippen LogP contribution in [0.5, 0.6) is 11.5 Å². The Kier molecular flexibility index (Phi) is 6.45. The lowest BCUT2D eigenvalue weighted by atomic mass is 10.2. The fourth-order valence-electron chi connectivity index (χ4n) is 1.80. The van der Waals surface area contributed by atoms with E-state index in [1.165, 1.54) is 0 Å². The molecule has 0 aliphatic heterocycles. The van der Waals surface area contributed by atoms with Gasteiger partial charge in [0.1, 0.15) is 11.5 Å². The van der Waals surface area contributed by atoms with Crippen molar-refractivity contribution in [3.8, 4) is 23.0 Å². The van der Waals surface area contributed by atoms with Crippen LogP contribution in [0, 0.1) is 0 Å². The molecule has 6 nitrogen and oxygen atoms in total. The first-order valence-electron chi connectivity index (χ1n) is 6.40. The Morgan fingerprint density at radius 1 is 1.29 bits per heavy atom. The van der Waals surface area contributed by atoms with Crippen LogP contribution in [0.2, 0.25) is 0 Å². The van der Waals surface area contributed by atoms with Crippen molar-refractivity contribution in [3.63, 3.8) is 0 Å². The third kappa shape index (κ3) is 4.09. The molecule has 116 valence electrons. The molecule has 0 radical (unpaired) electrons. The summed E-state index contributed by atoms with van der Waals surface area (Å²) in [7, 11) is 5.11. The van der Waals surface area contributed by atoms with Gasteiger partial charge in [0.25, 0.3) is 5.89 Å². The molecule has 1 atom stereocenters. The van der Waals surface area contributed by atoms with Crippen LogP contribution in [0.25, 0.3) is 11.5 Å². The first-order chi connectivity index (χ1) is 9.67. The molecular weight excluding hydrogens is 294 g/mol. The van der Waals surface area contributed by atoms with E-state index < -0.39 is 0 Å². The van der Waals surface area contributed by atoms with E-state index in [-0.39, 0.29) is 18.4 Å². The van der Waals surface area contributed by atoms with E-state index in [0.717, 1.165) is 5.56 Å². The molecule has 0 fully saturated rings. The van der Waals surface area contributed by atoms with Crippen LogP contribution in [0.15, 0.2) is 22.7 Å². The number of hydrogen-bond acceptors (Lipinski definition) is 6. The summed E-state index contributed by atoms with van der Waals surface area (Å²) in [4.78, 5) is 4.40. The lowest BCUT2D eigenvalue weighted by molar-refractivity contribution is 0.394. The molecule has 0 aliphatic rings. The van der Waals surface area contributed by atoms with Gasteiger partial charge in [-0.1, -0.05) is 5.16 Å². The van der Waals surface area contributed by atoms with E-state index in [4.69, 9.17) is 14.0 Å². The molecule has 0 spiro atoms. The smallest absolute Gasteiger partial charge is 0.261 e. The van der Waals surface area contributed by atoms with Crippen LogP contribution >= 0.6 is 12.4 Å². The second-order valence-corrected chi connectivity index (χ2v) is 4.48. The largest absolute Gasteiger partial charge is 0.497 e. The molecule has 2 aromatic rings. The summed E-state index contributed by atoms with van der Waals surface area (Å²) in [6.45, 7) is 2.06. The Hall–Kier alpha value is -1.79. The van der Waals surface area contributed by atoms with Crippen molar-refractivity contribution in [2.75, 3.05) is 21.3 Å². The molecule has 1 unspecified atom stereocenters. The second kappa shape index (κ2) is 7.85. The highest BCUT2D eigenvalue weighted by Gasteiger charge is 2.16. The molecule has 21 heavy (non-hydrogen) atoms. The topological polar surface area (TPSA) is 69.4 Å². The molecule has 1 N–H and O–H groups in total. The van der Waals surface area contributed by atoms with Crippen molar-refractivity contribution in [2.45, 2.75) is 19.4 Å². The van der Waals surface area contributed by atoms with Crippen LogP contribution in [0.3, 0.4) is 0 Å². The summed E-state index contributed by atoms with van der Waals surface area (Å²) < 4.78 is 15.8. The first kappa shape index (κ1) is 17.3. The van der Waals surface area contributed by atoms with E-state index in [1.807, 2.05) is 25.2 Å². The number of hydrogen-bond donors (Lipinski definition) is 1. The van der Waals surface area contributed by atoms with Crippen LogP contribution in [0.1, 0.15) is 12.7 Å². The van der Waals surface area contributed by atoms with Gasteiger partial charge in [0.15, 0.2) is 5.82 Å². The van der Waals surface area contributed by atoms with Gasteiger partial charge in [-0.15, -0.1) is 12.4 Å². The molecule has 0 amide bonds. The van der Waals surface area contributed by atoms with Crippen molar-refractivity contribution in [3.05, 3.63) is 24.0 Å². The number of rotatable bonds is 6. The number of ether oxygens (including phenoxy) is 2. The van der Waals surface area contributed by atoms with Crippen molar-refractivity contribution in [2.24, 2.45) is 0 Å². The molecule has 0 saturated heterocycles. The zero-order valence-electron chi connectivity index (χ0n) is 12.5. The molecule has 1 aromatic heterocycles. The molecule has 0 aliphatic carbocycles. The number of methoxy groups -OCH3 is 2. The van der Waals surface area contributed by atoms with Crippen LogP contribution in [-0.2, 0) is 6.42 Å². The highest BCUT2D eigenvalue weighted by atomic mass is 35.5. The Balaban J connectivity index is 0.00000220. The van der Waals surface area contributed by atoms with E-state index in [9.17, 15) is 0 Å². The van der Waals surface area contributed by atoms with Crippen molar-refractivity contribution in [1.82, 2.24) is 15.5 Å². The van der Waals surface area contributed by atoms with Crippen molar-refractivity contribution >= 4 is 12.4 Å². The first-order valence-corrected chi connectivity index (χ1v) is 6.40. The third-order valence-electron chi connectivity index (χ3n) is 3.09. The van der Waals surface area contributed by atoms with Crippen molar-refractivity contribution < 1.29 is 14.0 Å². The van der Waals surface area contributed by atoms with Gasteiger partial charge in [-0.2, -0.15) is 4.98 Å². The van der Waals surface area contributed by atoms with Crippen LogP contribution in [-0.4, -0.2) is 37.4 Å². The Bertz CT molecular complexity index is 574. The summed E-state index contributed by atoms with van der Waals surface area (Å²) >= 11 is 0. The molecule has 0 saturated carbocycles. The van der Waals surface area contributed by atoms with Crippen LogP contribution < -0.4 is 14.8 Å². The average molecular weight is 314 g/mol. The number of benzene rings is 1. The normalized spacial score (nSPS) is 11.6. The van der Waals surface area contributed by atoms with Gasteiger partial charge in [0, 0.05) is 12.5 Å². The summed E-state index contributed by atoms with van der Waals surface area (Å²) in [6.07, 6.45) is 0.701. The van der Waals surface area contributed by atoms with E-state index >= 15 is 0 Å². The minimum atomic E-state index is 0. The minimum Gasteiger partial charge on any atom is -0.497 e. The predicted molar refractivity (Wildman–Crippen MR) is 82.3 cm³/mol. The Morgan fingerprint density at radius 3 is 2.67 bits per heavy atom. The van der Waals surface area contributed by atoms with Gasteiger partial charge in [-0.3, -0.25) is 0 Å². The quantitative estimate of drug-likeness (QED) is 0.882. The minimum absolute atomic E-state index is 0. The molecule has 2 rings (SSSR count). The molecule has 1 heterocycles. The van der Waals surface area contributed by atoms with Gasteiger partial charge in [-0.05, 0) is 32.2 Å². The number of likely N-dealkylation sites (N-methyl/N-ethyl adjacent to an activating group) is 1. The van der Waals surface area contributed by atoms with Crippen LogP contribution in [0.4, 0.5) is 0 Å². The third-order valence-corrected chi connectivity index (χ3v) is 3.09. The standard InChI is InChI=1S/C14H19N3O3.ClH/c1-9(15-2)7-13-16-14(20-17-13)11-8-10(18-3)5-6-12(11)19-4;/h5-6,8-9,15H,7H2,1-4H3;1H. The maximum atomic E-state index is 5.32. The van der Waals surface area contributed by atoms with Crippen molar-refractivity contribution in [1.29, 1.82) is 0 Å². The van der Waals surface area contributed by atoms with Gasteiger partial charge >= 0.3 is 0 Å². The fraction of sp³-hybridized carbons (Fsp3) is 0.429. The molecule has 7 heteroatoms. The lowest BCUT2D eigenvalue weighted by Crippen LogP contribution is -2.24. The predicted octanol–water partition coefficient (Wildman–Crippen LogP) is 2.33. The number of halogens is 1. The van der Waals surface area contributed by atoms with E-state index in [1.54, 1.807) is 14.2 Å². The maximum Gasteiger partial charge on any atom is 0.261 e. The molecular formula is C14H20ClN3O3. The summed E-state index contributed by atoms with van der Waals surface area (Å²) in [5, 5.41) is 7.13. The highest BCUT2D eigenvalue weighted by molar-refractivity contribution is 5.85. The van der Waals surface area contributed by atoms with E-state index in [0.29, 0.717) is 29.6 Å². The maximum absolute atomic E-state index is 5.32. The summed E-state index contributed by atoms with van der Waals surface area (Å²) in [5.74, 6) is 2.47. The Labute approximate surface area is 130 Å². The van der Waals surface area contributed by atoms with Gasteiger partial charge in [-0.25, -0.2) is 0 Å². The van der Waals surface area contributed by atoms with Gasteiger partial charge in [0.2, 0.25) is 0 Å². The number of nitrogens with one attached hydrogen (secondary N) is 1. The highest BCUT2D eigenvalue weighted by Crippen LogP contribution is 2.32. The van der Waals surface area contributed by atoms with Gasteiger partial charge < -0.3 is 19.3 Å². The fourth-order valence-corrected chi connectivity index (χ4v) is 1.80. The summed E-state index contributed by atoms with van der Waals surface area (Å²) in [6, 6.07) is 5.74. The average Bonchev–Trinajstić information content (AvgIpc) is 2.94. The zero-order chi connectivity index (χ0) is 14.5. The SMILES string of the molecule is CNC(C)Cc1noc(-c2cc(OC)ccc2OC)n1.Cl. The number of nitrogens with zero attached hydrogens (tertiary/aromatic N) is 2. The molecule has 1 aromatic carbocycles. The van der Waals surface area contributed by atoms with E-state index in [2.05, 4.69) is 22.4 Å². The lowest BCUT2D eigenvalue weighted by Gasteiger charge is -2.07. The Morgan fingerprint density at radius 2 is 2.05 bits per heavy atom. The number of aromatic nitrogens is 2. The monoisotopic (exact) mass is 313 g/mol. The zero-order valence-corrected chi connectivity index (χ0v) is 13.4. The summed E-state index contributed by atoms with van der Waals surface area (Å²) in [5.41, 5.74) is 0.725. The second-order valence-electron chi connectivity index (χ2n) is 4.48. The van der Waals surface area contributed by atoms with Gasteiger partial charge in [0.05, 0.1) is 19.8 Å².